The van der Waals surface area contributed by atoms with E-state index in [1.54, 1.807) is 0 Å². The number of nitrogens with zero attached hydrogens (tertiary/aromatic N) is 2. The van der Waals surface area contributed by atoms with Crippen molar-refractivity contribution < 1.29 is 23.2 Å². The first-order valence-electron chi connectivity index (χ1n) is 5.12. The summed E-state index contributed by atoms with van der Waals surface area (Å²) in [4.78, 5) is 15.1. The second kappa shape index (κ2) is 6.03. The van der Waals surface area contributed by atoms with Crippen LogP contribution < -0.4 is 11.1 Å². The summed E-state index contributed by atoms with van der Waals surface area (Å²) < 4.78 is 35.6. The Morgan fingerprint density at radius 1 is 1.47 bits per heavy atom. The molecule has 19 heavy (non-hydrogen) atoms. The van der Waals surface area contributed by atoms with Gasteiger partial charge in [0.05, 0.1) is 6.42 Å². The quantitative estimate of drug-likeness (QED) is 0.328. The molecule has 1 amide bonds. The predicted molar refractivity (Wildman–Crippen MR) is 59.8 cm³/mol. The van der Waals surface area contributed by atoms with Crippen LogP contribution in [0, 0.1) is 0 Å². The van der Waals surface area contributed by atoms with Crippen LogP contribution in [0.4, 0.5) is 13.2 Å². The number of nitrogens with one attached hydrogen (secondary N) is 1. The Balaban J connectivity index is 2.59. The van der Waals surface area contributed by atoms with Gasteiger partial charge in [0.25, 0.3) is 5.91 Å². The lowest BCUT2D eigenvalue weighted by Crippen LogP contribution is -2.28. The highest BCUT2D eigenvalue weighted by atomic mass is 19.4. The minimum Gasteiger partial charge on any atom is -0.409 e. The van der Waals surface area contributed by atoms with Crippen LogP contribution in [0.2, 0.25) is 0 Å². The zero-order valence-corrected chi connectivity index (χ0v) is 9.61. The van der Waals surface area contributed by atoms with E-state index in [-0.39, 0.29) is 17.1 Å². The van der Waals surface area contributed by atoms with Gasteiger partial charge < -0.3 is 16.3 Å². The minimum atomic E-state index is -4.32. The van der Waals surface area contributed by atoms with Crippen LogP contribution in [0.3, 0.4) is 0 Å². The predicted octanol–water partition coefficient (Wildman–Crippen LogP) is 0.858. The average Bonchev–Trinajstić information content (AvgIpc) is 2.36. The third kappa shape index (κ3) is 4.82. The molecule has 0 bridgehead atoms. The number of oxime groups is 1. The number of alkyl halides is 3. The number of hydrogen-bond acceptors (Lipinski definition) is 4. The molecule has 1 aromatic rings. The molecule has 0 aromatic carbocycles. The first-order valence-corrected chi connectivity index (χ1v) is 5.12. The van der Waals surface area contributed by atoms with Gasteiger partial charge in [0.2, 0.25) is 0 Å². The molecule has 0 fully saturated rings. The van der Waals surface area contributed by atoms with Crippen molar-refractivity contribution in [3.05, 3.63) is 29.6 Å². The standard InChI is InChI=1S/C10H11F3N4O2/c11-10(12,13)3-4-15-9(18)7-2-1-6(5-16-7)8(14)17-19/h1-2,5,19H,3-4H2,(H2,14,17)(H,15,18). The maximum atomic E-state index is 11.9. The van der Waals surface area contributed by atoms with E-state index in [1.807, 2.05) is 0 Å². The van der Waals surface area contributed by atoms with Crippen molar-refractivity contribution in [1.29, 1.82) is 0 Å². The SMILES string of the molecule is NC(=NO)c1ccc(C(=O)NCCC(F)(F)F)nc1. The van der Waals surface area contributed by atoms with Crippen molar-refractivity contribution in [2.45, 2.75) is 12.6 Å². The number of nitrogens with two attached hydrogens (primary N) is 1. The van der Waals surface area contributed by atoms with Gasteiger partial charge >= 0.3 is 6.18 Å². The molecule has 0 spiro atoms. The molecule has 0 radical (unpaired) electrons. The van der Waals surface area contributed by atoms with Crippen molar-refractivity contribution in [2.75, 3.05) is 6.54 Å². The van der Waals surface area contributed by atoms with Gasteiger partial charge in [0.15, 0.2) is 5.84 Å². The number of carbonyl (C=O) groups is 1. The molecular formula is C10H11F3N4O2. The largest absolute Gasteiger partial charge is 0.409 e. The van der Waals surface area contributed by atoms with E-state index < -0.39 is 25.0 Å². The van der Waals surface area contributed by atoms with Gasteiger partial charge in [0.1, 0.15) is 5.69 Å². The summed E-state index contributed by atoms with van der Waals surface area (Å²) in [6.45, 7) is -0.522. The molecule has 1 aromatic heterocycles. The Bertz CT molecular complexity index is 471. The van der Waals surface area contributed by atoms with Gasteiger partial charge in [-0.1, -0.05) is 5.16 Å². The monoisotopic (exact) mass is 276 g/mol. The summed E-state index contributed by atoms with van der Waals surface area (Å²) in [5.41, 5.74) is 5.51. The lowest BCUT2D eigenvalue weighted by atomic mass is 10.2. The minimum absolute atomic E-state index is 0.0586. The fourth-order valence-electron chi connectivity index (χ4n) is 1.15. The van der Waals surface area contributed by atoms with Crippen molar-refractivity contribution >= 4 is 11.7 Å². The molecule has 1 heterocycles. The van der Waals surface area contributed by atoms with Crippen LogP contribution >= 0.6 is 0 Å². The van der Waals surface area contributed by atoms with Gasteiger partial charge in [0, 0.05) is 18.3 Å². The van der Waals surface area contributed by atoms with Gasteiger partial charge in [-0.25, -0.2) is 0 Å². The topological polar surface area (TPSA) is 101 Å². The number of aromatic nitrogens is 1. The van der Waals surface area contributed by atoms with E-state index in [4.69, 9.17) is 10.9 Å². The second-order valence-corrected chi connectivity index (χ2v) is 3.54. The molecule has 9 heteroatoms. The van der Waals surface area contributed by atoms with E-state index >= 15 is 0 Å². The van der Waals surface area contributed by atoms with Crippen LogP contribution in [0.25, 0.3) is 0 Å². The average molecular weight is 276 g/mol. The highest BCUT2D eigenvalue weighted by molar-refractivity contribution is 5.98. The Kier molecular flexibility index (Phi) is 4.67. The summed E-state index contributed by atoms with van der Waals surface area (Å²) >= 11 is 0. The molecule has 0 aliphatic carbocycles. The molecule has 104 valence electrons. The third-order valence-corrected chi connectivity index (χ3v) is 2.09. The first-order chi connectivity index (χ1) is 8.83. The van der Waals surface area contributed by atoms with Gasteiger partial charge in [-0.2, -0.15) is 13.2 Å². The Hall–Kier alpha value is -2.32. The van der Waals surface area contributed by atoms with E-state index in [0.717, 1.165) is 0 Å². The molecule has 1 rings (SSSR count). The summed E-state index contributed by atoms with van der Waals surface area (Å²) in [7, 11) is 0. The molecule has 0 unspecified atom stereocenters. The zero-order chi connectivity index (χ0) is 14.5. The molecule has 0 saturated carbocycles. The summed E-state index contributed by atoms with van der Waals surface area (Å²) in [5, 5.41) is 13.2. The van der Waals surface area contributed by atoms with E-state index in [9.17, 15) is 18.0 Å². The molecular weight excluding hydrogens is 265 g/mol. The van der Waals surface area contributed by atoms with Crippen molar-refractivity contribution in [3.8, 4) is 0 Å². The fraction of sp³-hybridized carbons (Fsp3) is 0.300. The number of rotatable bonds is 4. The van der Waals surface area contributed by atoms with Crippen LogP contribution in [-0.4, -0.2) is 34.7 Å². The Morgan fingerprint density at radius 2 is 2.16 bits per heavy atom. The van der Waals surface area contributed by atoms with Crippen LogP contribution in [0.15, 0.2) is 23.5 Å². The number of amidine groups is 1. The van der Waals surface area contributed by atoms with Crippen LogP contribution in [0.1, 0.15) is 22.5 Å². The lowest BCUT2D eigenvalue weighted by molar-refractivity contribution is -0.132. The van der Waals surface area contributed by atoms with Crippen molar-refractivity contribution in [1.82, 2.24) is 10.3 Å². The maximum absolute atomic E-state index is 11.9. The fourth-order valence-corrected chi connectivity index (χ4v) is 1.15. The van der Waals surface area contributed by atoms with Gasteiger partial charge in [-0.3, -0.25) is 9.78 Å². The number of carbonyl (C=O) groups excluding carboxylic acids is 1. The normalized spacial score (nSPS) is 12.3. The zero-order valence-electron chi connectivity index (χ0n) is 9.61. The number of hydrogen-bond donors (Lipinski definition) is 3. The number of amides is 1. The second-order valence-electron chi connectivity index (χ2n) is 3.54. The Morgan fingerprint density at radius 3 is 2.63 bits per heavy atom. The molecule has 0 aliphatic heterocycles. The summed E-state index contributed by atoms with van der Waals surface area (Å²) in [6.07, 6.45) is -4.26. The maximum Gasteiger partial charge on any atom is 0.390 e. The smallest absolute Gasteiger partial charge is 0.390 e. The summed E-state index contributed by atoms with van der Waals surface area (Å²) in [5.74, 6) is -0.910. The van der Waals surface area contributed by atoms with E-state index in [1.165, 1.54) is 18.3 Å². The lowest BCUT2D eigenvalue weighted by Gasteiger charge is -2.07. The number of pyridine rings is 1. The van der Waals surface area contributed by atoms with Crippen LogP contribution in [0.5, 0.6) is 0 Å². The van der Waals surface area contributed by atoms with Crippen LogP contribution in [-0.2, 0) is 0 Å². The number of halogens is 3. The molecule has 0 saturated heterocycles. The van der Waals surface area contributed by atoms with Crippen molar-refractivity contribution in [3.63, 3.8) is 0 Å². The highest BCUT2D eigenvalue weighted by Crippen LogP contribution is 2.18. The molecule has 4 N–H and O–H groups in total. The summed E-state index contributed by atoms with van der Waals surface area (Å²) in [6, 6.07) is 2.62. The van der Waals surface area contributed by atoms with Crippen molar-refractivity contribution in [2.24, 2.45) is 10.9 Å². The van der Waals surface area contributed by atoms with E-state index in [0.29, 0.717) is 0 Å². The van der Waals surface area contributed by atoms with Gasteiger partial charge in [-0.15, -0.1) is 0 Å². The highest BCUT2D eigenvalue weighted by Gasteiger charge is 2.26. The van der Waals surface area contributed by atoms with Gasteiger partial charge in [-0.05, 0) is 12.1 Å². The first kappa shape index (κ1) is 14.7. The Labute approximate surface area is 106 Å². The molecule has 0 aliphatic rings. The molecule has 6 nitrogen and oxygen atoms in total. The van der Waals surface area contributed by atoms with E-state index in [2.05, 4.69) is 15.5 Å². The molecule has 0 atom stereocenters. The third-order valence-electron chi connectivity index (χ3n) is 2.09.